The second kappa shape index (κ2) is 7.34. The summed E-state index contributed by atoms with van der Waals surface area (Å²) in [5.41, 5.74) is 2.53. The Balaban J connectivity index is 2.24. The third kappa shape index (κ3) is 3.54. The fourth-order valence-electron chi connectivity index (χ4n) is 2.07. The predicted molar refractivity (Wildman–Crippen MR) is 74.2 cm³/mol. The molecule has 2 rings (SSSR count). The van der Waals surface area contributed by atoms with Crippen LogP contribution in [-0.4, -0.2) is 54.1 Å². The standard InChI is InChI=1S/C12H21N5O3/c1-2-19-8-11-14-10(16-13)5-12(15-11)17-3-4-20-7-9(17)6-18/h5,9,18H,2-4,6-8,13H2,1H3,(H,14,15,16). The van der Waals surface area contributed by atoms with Crippen molar-refractivity contribution in [1.82, 2.24) is 9.97 Å². The van der Waals surface area contributed by atoms with Gasteiger partial charge in [0.05, 0.1) is 25.9 Å². The Morgan fingerprint density at radius 3 is 3.15 bits per heavy atom. The van der Waals surface area contributed by atoms with Crippen molar-refractivity contribution in [3.63, 3.8) is 0 Å². The molecule has 1 aliphatic rings. The number of nitrogens with one attached hydrogen (secondary N) is 1. The van der Waals surface area contributed by atoms with Gasteiger partial charge in [-0.05, 0) is 6.92 Å². The monoisotopic (exact) mass is 283 g/mol. The molecule has 0 spiro atoms. The van der Waals surface area contributed by atoms with Crippen LogP contribution in [0.1, 0.15) is 12.7 Å². The van der Waals surface area contributed by atoms with Crippen LogP contribution in [0.5, 0.6) is 0 Å². The zero-order valence-electron chi connectivity index (χ0n) is 11.6. The molecular weight excluding hydrogens is 262 g/mol. The van der Waals surface area contributed by atoms with E-state index < -0.39 is 0 Å². The minimum atomic E-state index is -0.107. The number of nitrogens with zero attached hydrogens (tertiary/aromatic N) is 3. The van der Waals surface area contributed by atoms with Crippen LogP contribution >= 0.6 is 0 Å². The molecule has 0 saturated carbocycles. The molecule has 1 aromatic heterocycles. The van der Waals surface area contributed by atoms with Gasteiger partial charge in [-0.15, -0.1) is 0 Å². The van der Waals surface area contributed by atoms with Gasteiger partial charge in [0.1, 0.15) is 18.2 Å². The molecule has 0 radical (unpaired) electrons. The van der Waals surface area contributed by atoms with E-state index in [2.05, 4.69) is 15.4 Å². The van der Waals surface area contributed by atoms with Gasteiger partial charge in [0.2, 0.25) is 0 Å². The molecule has 2 heterocycles. The summed E-state index contributed by atoms with van der Waals surface area (Å²) >= 11 is 0. The largest absolute Gasteiger partial charge is 0.394 e. The van der Waals surface area contributed by atoms with E-state index in [1.54, 1.807) is 6.07 Å². The van der Waals surface area contributed by atoms with Gasteiger partial charge in [-0.2, -0.15) is 0 Å². The second-order valence-corrected chi connectivity index (χ2v) is 4.41. The molecule has 20 heavy (non-hydrogen) atoms. The molecule has 1 atom stereocenters. The summed E-state index contributed by atoms with van der Waals surface area (Å²) in [6.45, 7) is 4.59. The van der Waals surface area contributed by atoms with Crippen molar-refractivity contribution < 1.29 is 14.6 Å². The maximum atomic E-state index is 9.43. The van der Waals surface area contributed by atoms with Crippen molar-refractivity contribution in [3.05, 3.63) is 11.9 Å². The third-order valence-corrected chi connectivity index (χ3v) is 3.07. The maximum absolute atomic E-state index is 9.43. The van der Waals surface area contributed by atoms with Gasteiger partial charge in [0, 0.05) is 19.2 Å². The summed E-state index contributed by atoms with van der Waals surface area (Å²) in [5, 5.41) is 9.43. The highest BCUT2D eigenvalue weighted by molar-refractivity contribution is 5.50. The van der Waals surface area contributed by atoms with Crippen LogP contribution in [0, 0.1) is 0 Å². The summed E-state index contributed by atoms with van der Waals surface area (Å²) in [6, 6.07) is 1.65. The highest BCUT2D eigenvalue weighted by Crippen LogP contribution is 2.20. The zero-order valence-corrected chi connectivity index (χ0v) is 11.6. The minimum Gasteiger partial charge on any atom is -0.394 e. The van der Waals surface area contributed by atoms with Gasteiger partial charge >= 0.3 is 0 Å². The molecule has 0 bridgehead atoms. The lowest BCUT2D eigenvalue weighted by Crippen LogP contribution is -2.48. The lowest BCUT2D eigenvalue weighted by molar-refractivity contribution is 0.0721. The van der Waals surface area contributed by atoms with Gasteiger partial charge in [0.15, 0.2) is 5.82 Å². The molecule has 112 valence electrons. The Morgan fingerprint density at radius 1 is 1.60 bits per heavy atom. The van der Waals surface area contributed by atoms with Crippen molar-refractivity contribution in [3.8, 4) is 0 Å². The number of nitrogens with two attached hydrogens (primary N) is 1. The first-order chi connectivity index (χ1) is 9.78. The second-order valence-electron chi connectivity index (χ2n) is 4.41. The number of anilines is 2. The van der Waals surface area contributed by atoms with Crippen molar-refractivity contribution in [2.75, 3.05) is 43.3 Å². The molecule has 8 nitrogen and oxygen atoms in total. The van der Waals surface area contributed by atoms with Crippen LogP contribution in [0.25, 0.3) is 0 Å². The summed E-state index contributed by atoms with van der Waals surface area (Å²) in [5.74, 6) is 7.23. The first kappa shape index (κ1) is 14.9. The van der Waals surface area contributed by atoms with Gasteiger partial charge in [-0.25, -0.2) is 15.8 Å². The number of rotatable bonds is 6. The first-order valence-corrected chi connectivity index (χ1v) is 6.66. The molecule has 1 saturated heterocycles. The fourth-order valence-corrected chi connectivity index (χ4v) is 2.07. The summed E-state index contributed by atoms with van der Waals surface area (Å²) in [6.07, 6.45) is 0. The van der Waals surface area contributed by atoms with Gasteiger partial charge in [-0.1, -0.05) is 0 Å². The lowest BCUT2D eigenvalue weighted by Gasteiger charge is -2.35. The van der Waals surface area contributed by atoms with Crippen molar-refractivity contribution >= 4 is 11.6 Å². The number of aromatic nitrogens is 2. The molecule has 1 aromatic rings. The van der Waals surface area contributed by atoms with Crippen LogP contribution < -0.4 is 16.2 Å². The minimum absolute atomic E-state index is 0.0101. The molecule has 0 aliphatic carbocycles. The average molecular weight is 283 g/mol. The quantitative estimate of drug-likeness (QED) is 0.474. The molecule has 0 amide bonds. The summed E-state index contributed by atoms with van der Waals surface area (Å²) in [4.78, 5) is 10.7. The Kier molecular flexibility index (Phi) is 5.48. The van der Waals surface area contributed by atoms with Gasteiger partial charge in [0.25, 0.3) is 0 Å². The molecule has 4 N–H and O–H groups in total. The predicted octanol–water partition coefficient (Wildman–Crippen LogP) is -0.504. The maximum Gasteiger partial charge on any atom is 0.158 e. The fraction of sp³-hybridized carbons (Fsp3) is 0.667. The molecule has 8 heteroatoms. The normalized spacial score (nSPS) is 19.1. The smallest absolute Gasteiger partial charge is 0.158 e. The van der Waals surface area contributed by atoms with Crippen LogP contribution in [0.15, 0.2) is 6.07 Å². The Bertz CT molecular complexity index is 432. The number of morpholine rings is 1. The number of nitrogen functional groups attached to an aromatic ring is 1. The van der Waals surface area contributed by atoms with E-state index in [9.17, 15) is 5.11 Å². The van der Waals surface area contributed by atoms with E-state index in [0.29, 0.717) is 50.4 Å². The van der Waals surface area contributed by atoms with E-state index >= 15 is 0 Å². The van der Waals surface area contributed by atoms with Crippen molar-refractivity contribution in [2.45, 2.75) is 19.6 Å². The van der Waals surface area contributed by atoms with Crippen molar-refractivity contribution in [2.24, 2.45) is 5.84 Å². The van der Waals surface area contributed by atoms with Crippen LogP contribution in [0.3, 0.4) is 0 Å². The van der Waals surface area contributed by atoms with E-state index in [1.807, 2.05) is 11.8 Å². The van der Waals surface area contributed by atoms with Crippen LogP contribution in [0.4, 0.5) is 11.6 Å². The highest BCUT2D eigenvalue weighted by Gasteiger charge is 2.24. The highest BCUT2D eigenvalue weighted by atomic mass is 16.5. The number of aliphatic hydroxyl groups excluding tert-OH is 1. The number of hydrazine groups is 1. The zero-order chi connectivity index (χ0) is 14.4. The third-order valence-electron chi connectivity index (χ3n) is 3.07. The average Bonchev–Trinajstić information content (AvgIpc) is 2.52. The molecule has 1 aliphatic heterocycles. The molecule has 1 unspecified atom stereocenters. The topological polar surface area (TPSA) is 106 Å². The van der Waals surface area contributed by atoms with E-state index in [1.165, 1.54) is 0 Å². The van der Waals surface area contributed by atoms with E-state index in [-0.39, 0.29) is 12.6 Å². The summed E-state index contributed by atoms with van der Waals surface area (Å²) in [7, 11) is 0. The number of aliphatic hydroxyl groups is 1. The van der Waals surface area contributed by atoms with Crippen LogP contribution in [-0.2, 0) is 16.1 Å². The van der Waals surface area contributed by atoms with Gasteiger partial charge < -0.3 is 24.9 Å². The molecule has 0 aromatic carbocycles. The SMILES string of the molecule is CCOCc1nc(NN)cc(N2CCOCC2CO)n1. The molecule has 1 fully saturated rings. The van der Waals surface area contributed by atoms with Gasteiger partial charge in [-0.3, -0.25) is 0 Å². The lowest BCUT2D eigenvalue weighted by atomic mass is 10.2. The molecular formula is C12H21N5O3. The van der Waals surface area contributed by atoms with E-state index in [0.717, 1.165) is 0 Å². The Labute approximate surface area is 117 Å². The Morgan fingerprint density at radius 2 is 2.45 bits per heavy atom. The number of hydrogen-bond acceptors (Lipinski definition) is 8. The Hall–Kier alpha value is -1.48. The number of ether oxygens (including phenoxy) is 2. The number of hydrogen-bond donors (Lipinski definition) is 3. The van der Waals surface area contributed by atoms with Crippen LogP contribution in [0.2, 0.25) is 0 Å². The first-order valence-electron chi connectivity index (χ1n) is 6.66. The van der Waals surface area contributed by atoms with Crippen molar-refractivity contribution in [1.29, 1.82) is 0 Å². The summed E-state index contributed by atoms with van der Waals surface area (Å²) < 4.78 is 10.7. The van der Waals surface area contributed by atoms with E-state index in [4.69, 9.17) is 15.3 Å².